The third-order valence-electron chi connectivity index (χ3n) is 2.85. The summed E-state index contributed by atoms with van der Waals surface area (Å²) in [6, 6.07) is 2.14. The number of aromatic nitrogens is 2. The molecule has 0 amide bonds. The van der Waals surface area contributed by atoms with E-state index < -0.39 is 15.8 Å². The molecule has 1 heterocycles. The monoisotopic (exact) mass is 332 g/mol. The Morgan fingerprint density at radius 1 is 1.43 bits per heavy atom. The average Bonchev–Trinajstić information content (AvgIpc) is 2.94. The minimum Gasteiger partial charge on any atom is -0.348 e. The highest BCUT2D eigenvalue weighted by molar-refractivity contribution is 7.89. The Balaban J connectivity index is 2.13. The van der Waals surface area contributed by atoms with Gasteiger partial charge in [0.05, 0.1) is 16.2 Å². The van der Waals surface area contributed by atoms with Crippen LogP contribution in [0.1, 0.15) is 11.3 Å². The molecule has 21 heavy (non-hydrogen) atoms. The molecule has 0 atom stereocenters. The summed E-state index contributed by atoms with van der Waals surface area (Å²) in [5.41, 5.74) is 6.45. The maximum atomic E-state index is 13.6. The number of hydrogen-bond donors (Lipinski definition) is 3. The number of nitrogens with zero attached hydrogens (tertiary/aromatic N) is 1. The second-order valence-corrected chi connectivity index (χ2v) is 6.45. The molecule has 0 saturated carbocycles. The lowest BCUT2D eigenvalue weighted by atomic mass is 10.2. The summed E-state index contributed by atoms with van der Waals surface area (Å²) >= 11 is 5.71. The number of rotatable bonds is 6. The smallest absolute Gasteiger partial charge is 0.240 e. The molecule has 0 spiro atoms. The van der Waals surface area contributed by atoms with Crippen molar-refractivity contribution in [3.63, 3.8) is 0 Å². The second kappa shape index (κ2) is 6.52. The fourth-order valence-electron chi connectivity index (χ4n) is 1.75. The van der Waals surface area contributed by atoms with Crippen LogP contribution in [0.2, 0.25) is 5.02 Å². The lowest BCUT2D eigenvalue weighted by molar-refractivity contribution is 0.577. The van der Waals surface area contributed by atoms with E-state index in [-0.39, 0.29) is 28.6 Å². The highest BCUT2D eigenvalue weighted by Crippen LogP contribution is 2.24. The van der Waals surface area contributed by atoms with Gasteiger partial charge in [-0.2, -0.15) is 0 Å². The van der Waals surface area contributed by atoms with Gasteiger partial charge in [-0.15, -0.1) is 0 Å². The maximum Gasteiger partial charge on any atom is 0.240 e. The van der Waals surface area contributed by atoms with E-state index in [4.69, 9.17) is 17.3 Å². The number of halogens is 2. The summed E-state index contributed by atoms with van der Waals surface area (Å²) in [6.45, 7) is 0.111. The molecule has 2 rings (SSSR count). The van der Waals surface area contributed by atoms with Gasteiger partial charge in [0.2, 0.25) is 10.0 Å². The third-order valence-corrected chi connectivity index (χ3v) is 4.71. The highest BCUT2D eigenvalue weighted by atomic mass is 35.5. The van der Waals surface area contributed by atoms with Crippen LogP contribution in [0.25, 0.3) is 0 Å². The zero-order valence-corrected chi connectivity index (χ0v) is 12.5. The quantitative estimate of drug-likeness (QED) is 0.739. The predicted octanol–water partition coefficient (Wildman–Crippen LogP) is 1.18. The van der Waals surface area contributed by atoms with Gasteiger partial charge in [-0.05, 0) is 17.7 Å². The summed E-state index contributed by atoms with van der Waals surface area (Å²) in [7, 11) is -3.82. The van der Waals surface area contributed by atoms with Crippen LogP contribution in [0.15, 0.2) is 29.6 Å². The van der Waals surface area contributed by atoms with Crippen LogP contribution in [0, 0.1) is 5.82 Å². The van der Waals surface area contributed by atoms with E-state index in [1.807, 2.05) is 0 Å². The van der Waals surface area contributed by atoms with Crippen molar-refractivity contribution < 1.29 is 12.8 Å². The molecule has 0 aliphatic carbocycles. The molecule has 0 saturated heterocycles. The van der Waals surface area contributed by atoms with Crippen LogP contribution < -0.4 is 10.5 Å². The number of nitrogens with two attached hydrogens (primary N) is 1. The molecule has 114 valence electrons. The molecular weight excluding hydrogens is 319 g/mol. The Bertz CT molecular complexity index is 719. The Hall–Kier alpha value is -1.48. The Morgan fingerprint density at radius 3 is 2.81 bits per heavy atom. The number of imidazole rings is 1. The van der Waals surface area contributed by atoms with Crippen molar-refractivity contribution in [2.24, 2.45) is 5.73 Å². The second-order valence-electron chi connectivity index (χ2n) is 4.31. The van der Waals surface area contributed by atoms with Gasteiger partial charge < -0.3 is 10.7 Å². The number of benzene rings is 1. The van der Waals surface area contributed by atoms with Crippen LogP contribution in [0.5, 0.6) is 0 Å². The summed E-state index contributed by atoms with van der Waals surface area (Å²) in [5, 5.41) is -0.158. The van der Waals surface area contributed by atoms with Gasteiger partial charge in [-0.25, -0.2) is 22.5 Å². The van der Waals surface area contributed by atoms with Crippen molar-refractivity contribution in [1.29, 1.82) is 0 Å². The topological polar surface area (TPSA) is 101 Å². The molecule has 0 aliphatic rings. The van der Waals surface area contributed by atoms with Crippen molar-refractivity contribution in [1.82, 2.24) is 14.7 Å². The first-order valence-electron chi connectivity index (χ1n) is 6.09. The fraction of sp³-hybridized carbons (Fsp3) is 0.250. The lowest BCUT2D eigenvalue weighted by Crippen LogP contribution is -2.26. The SMILES string of the molecule is NCc1cc(S(=O)(=O)NCCc2cnc[nH]2)cc(F)c1Cl. The zero-order valence-electron chi connectivity index (χ0n) is 10.9. The summed E-state index contributed by atoms with van der Waals surface area (Å²) in [4.78, 5) is 6.49. The van der Waals surface area contributed by atoms with E-state index in [1.54, 1.807) is 6.20 Å². The molecular formula is C12H14ClFN4O2S. The molecule has 0 unspecified atom stereocenters. The van der Waals surface area contributed by atoms with Gasteiger partial charge in [-0.3, -0.25) is 0 Å². The van der Waals surface area contributed by atoms with Gasteiger partial charge in [0.1, 0.15) is 5.82 Å². The normalized spacial score (nSPS) is 11.8. The Kier molecular flexibility index (Phi) is 4.94. The molecule has 0 aliphatic heterocycles. The summed E-state index contributed by atoms with van der Waals surface area (Å²) < 4.78 is 40.2. The van der Waals surface area contributed by atoms with Gasteiger partial charge >= 0.3 is 0 Å². The first-order chi connectivity index (χ1) is 9.94. The number of aromatic amines is 1. The number of nitrogens with one attached hydrogen (secondary N) is 2. The van der Waals surface area contributed by atoms with Crippen LogP contribution >= 0.6 is 11.6 Å². The van der Waals surface area contributed by atoms with E-state index >= 15 is 0 Å². The Morgan fingerprint density at radius 2 is 2.19 bits per heavy atom. The molecule has 2 aromatic rings. The predicted molar refractivity (Wildman–Crippen MR) is 76.8 cm³/mol. The molecule has 0 radical (unpaired) electrons. The standard InChI is InChI=1S/C12H14ClFN4O2S/c13-12-8(5-15)3-10(4-11(12)14)21(19,20)18-2-1-9-6-16-7-17-9/h3-4,6-7,18H,1-2,5,15H2,(H,16,17). The van der Waals surface area contributed by atoms with Gasteiger partial charge in [0.25, 0.3) is 0 Å². The number of H-pyrrole nitrogens is 1. The number of hydrogen-bond acceptors (Lipinski definition) is 4. The Labute approximate surface area is 126 Å². The van der Waals surface area contributed by atoms with Gasteiger partial charge in [0.15, 0.2) is 0 Å². The minimum atomic E-state index is -3.82. The summed E-state index contributed by atoms with van der Waals surface area (Å²) in [6.07, 6.45) is 3.55. The number of sulfonamides is 1. The van der Waals surface area contributed by atoms with E-state index in [0.717, 1.165) is 11.8 Å². The molecule has 1 aromatic heterocycles. The van der Waals surface area contributed by atoms with Gasteiger partial charge in [0, 0.05) is 31.4 Å². The van der Waals surface area contributed by atoms with E-state index in [9.17, 15) is 12.8 Å². The van der Waals surface area contributed by atoms with E-state index in [1.165, 1.54) is 12.4 Å². The lowest BCUT2D eigenvalue weighted by Gasteiger charge is -2.09. The average molecular weight is 333 g/mol. The highest BCUT2D eigenvalue weighted by Gasteiger charge is 2.18. The minimum absolute atomic E-state index is 0.0484. The van der Waals surface area contributed by atoms with Gasteiger partial charge in [-0.1, -0.05) is 11.6 Å². The van der Waals surface area contributed by atoms with Crippen molar-refractivity contribution in [3.8, 4) is 0 Å². The van der Waals surface area contributed by atoms with Crippen molar-refractivity contribution in [3.05, 3.63) is 46.8 Å². The fourth-order valence-corrected chi connectivity index (χ4v) is 3.03. The largest absolute Gasteiger partial charge is 0.348 e. The van der Waals surface area contributed by atoms with Crippen molar-refractivity contribution in [2.75, 3.05) is 6.54 Å². The van der Waals surface area contributed by atoms with Crippen LogP contribution in [0.4, 0.5) is 4.39 Å². The molecule has 9 heteroatoms. The van der Waals surface area contributed by atoms with Crippen LogP contribution in [-0.2, 0) is 23.0 Å². The van der Waals surface area contributed by atoms with Crippen LogP contribution in [-0.4, -0.2) is 24.9 Å². The molecule has 0 fully saturated rings. The molecule has 4 N–H and O–H groups in total. The van der Waals surface area contributed by atoms with Crippen LogP contribution in [0.3, 0.4) is 0 Å². The molecule has 6 nitrogen and oxygen atoms in total. The van der Waals surface area contributed by atoms with E-state index in [0.29, 0.717) is 6.42 Å². The van der Waals surface area contributed by atoms with Crippen molar-refractivity contribution >= 4 is 21.6 Å². The molecule has 0 bridgehead atoms. The first kappa shape index (κ1) is 15.9. The first-order valence-corrected chi connectivity index (χ1v) is 7.95. The summed E-state index contributed by atoms with van der Waals surface area (Å²) in [5.74, 6) is -0.812. The third kappa shape index (κ3) is 3.79. The zero-order chi connectivity index (χ0) is 15.5. The van der Waals surface area contributed by atoms with E-state index in [2.05, 4.69) is 14.7 Å². The molecule has 1 aromatic carbocycles. The van der Waals surface area contributed by atoms with Crippen molar-refractivity contribution in [2.45, 2.75) is 17.9 Å². The maximum absolute atomic E-state index is 13.6.